The lowest BCUT2D eigenvalue weighted by atomic mass is 10.1. The zero-order valence-corrected chi connectivity index (χ0v) is 20.8. The molecule has 0 radical (unpaired) electrons. The standard InChI is InChI=1S/C30H35N3O2/c1-23-16-17-26(21-24(23)2)35-20-9-8-19-33-28-14-7-6-13-27(28)32-29(33)15-10-18-31-30(34)22-25-11-4-3-5-12-25/h3-7,11-14,16-17,21H,8-10,15,18-20,22H2,1-2H3,(H,31,34). The summed E-state index contributed by atoms with van der Waals surface area (Å²) in [6.45, 7) is 6.50. The van der Waals surface area contributed by atoms with Gasteiger partial charge in [0.1, 0.15) is 11.6 Å². The molecule has 0 saturated carbocycles. The topological polar surface area (TPSA) is 56.1 Å². The summed E-state index contributed by atoms with van der Waals surface area (Å²) in [5.41, 5.74) is 5.78. The molecule has 1 heterocycles. The lowest BCUT2D eigenvalue weighted by Gasteiger charge is -2.11. The van der Waals surface area contributed by atoms with Crippen LogP contribution < -0.4 is 10.1 Å². The molecule has 0 aliphatic carbocycles. The number of amides is 1. The Kier molecular flexibility index (Phi) is 8.55. The van der Waals surface area contributed by atoms with Crippen molar-refractivity contribution < 1.29 is 9.53 Å². The van der Waals surface area contributed by atoms with E-state index in [1.807, 2.05) is 42.5 Å². The Hall–Kier alpha value is -3.60. The monoisotopic (exact) mass is 469 g/mol. The number of rotatable bonds is 12. The molecule has 5 nitrogen and oxygen atoms in total. The number of para-hydroxylation sites is 2. The number of ether oxygens (including phenoxy) is 1. The van der Waals surface area contributed by atoms with E-state index in [1.165, 1.54) is 16.6 Å². The number of unbranched alkanes of at least 4 members (excludes halogenated alkanes) is 1. The summed E-state index contributed by atoms with van der Waals surface area (Å²) in [4.78, 5) is 17.1. The van der Waals surface area contributed by atoms with Crippen LogP contribution in [-0.2, 0) is 24.2 Å². The van der Waals surface area contributed by atoms with Crippen molar-refractivity contribution in [2.24, 2.45) is 0 Å². The smallest absolute Gasteiger partial charge is 0.224 e. The van der Waals surface area contributed by atoms with Gasteiger partial charge in [-0.15, -0.1) is 0 Å². The van der Waals surface area contributed by atoms with Crippen molar-refractivity contribution in [3.63, 3.8) is 0 Å². The van der Waals surface area contributed by atoms with Crippen molar-refractivity contribution in [3.8, 4) is 5.75 Å². The molecule has 0 unspecified atom stereocenters. The molecule has 182 valence electrons. The second-order valence-corrected chi connectivity index (χ2v) is 9.09. The first kappa shape index (κ1) is 24.5. The fourth-order valence-electron chi connectivity index (χ4n) is 4.25. The van der Waals surface area contributed by atoms with Crippen LogP contribution in [0.3, 0.4) is 0 Å². The molecule has 4 rings (SSSR count). The van der Waals surface area contributed by atoms with E-state index < -0.39 is 0 Å². The molecule has 0 saturated heterocycles. The average molecular weight is 470 g/mol. The van der Waals surface area contributed by atoms with Crippen LogP contribution in [-0.4, -0.2) is 28.6 Å². The number of carbonyl (C=O) groups is 1. The number of aryl methyl sites for hydroxylation is 4. The van der Waals surface area contributed by atoms with Gasteiger partial charge in [0, 0.05) is 19.5 Å². The molecule has 0 atom stereocenters. The number of benzene rings is 3. The normalized spacial score (nSPS) is 11.0. The Balaban J connectivity index is 1.26. The molecule has 3 aromatic carbocycles. The number of nitrogens with one attached hydrogen (secondary N) is 1. The number of fused-ring (bicyclic) bond motifs is 1. The number of hydrogen-bond donors (Lipinski definition) is 1. The number of aromatic nitrogens is 2. The Bertz CT molecular complexity index is 1250. The van der Waals surface area contributed by atoms with Gasteiger partial charge in [0.25, 0.3) is 0 Å². The molecule has 35 heavy (non-hydrogen) atoms. The van der Waals surface area contributed by atoms with E-state index >= 15 is 0 Å². The van der Waals surface area contributed by atoms with Gasteiger partial charge in [0.2, 0.25) is 5.91 Å². The third kappa shape index (κ3) is 6.95. The van der Waals surface area contributed by atoms with Crippen LogP contribution in [0.25, 0.3) is 11.0 Å². The molecule has 0 aliphatic rings. The molecule has 0 aliphatic heterocycles. The molecule has 0 fully saturated rings. The van der Waals surface area contributed by atoms with Crippen LogP contribution in [0, 0.1) is 13.8 Å². The van der Waals surface area contributed by atoms with E-state index in [4.69, 9.17) is 9.72 Å². The minimum Gasteiger partial charge on any atom is -0.494 e. The molecular weight excluding hydrogens is 434 g/mol. The molecule has 0 spiro atoms. The zero-order chi connectivity index (χ0) is 24.5. The first-order chi connectivity index (χ1) is 17.1. The van der Waals surface area contributed by atoms with Crippen molar-refractivity contribution >= 4 is 16.9 Å². The Labute approximate surface area is 208 Å². The SMILES string of the molecule is Cc1ccc(OCCCCn2c(CCCNC(=O)Cc3ccccc3)nc3ccccc32)cc1C. The second kappa shape index (κ2) is 12.2. The number of imidazole rings is 1. The van der Waals surface area contributed by atoms with Crippen LogP contribution >= 0.6 is 0 Å². The van der Waals surface area contributed by atoms with Crippen LogP contribution in [0.4, 0.5) is 0 Å². The van der Waals surface area contributed by atoms with Crippen molar-refractivity contribution in [1.82, 2.24) is 14.9 Å². The minimum atomic E-state index is 0.0634. The first-order valence-electron chi connectivity index (χ1n) is 12.5. The lowest BCUT2D eigenvalue weighted by molar-refractivity contribution is -0.120. The highest BCUT2D eigenvalue weighted by molar-refractivity contribution is 5.78. The molecule has 1 amide bonds. The molecular formula is C30H35N3O2. The minimum absolute atomic E-state index is 0.0634. The Morgan fingerprint density at radius 2 is 1.71 bits per heavy atom. The largest absolute Gasteiger partial charge is 0.494 e. The summed E-state index contributed by atoms with van der Waals surface area (Å²) >= 11 is 0. The van der Waals surface area contributed by atoms with Crippen molar-refractivity contribution in [2.45, 2.75) is 52.5 Å². The van der Waals surface area contributed by atoms with Crippen LogP contribution in [0.2, 0.25) is 0 Å². The summed E-state index contributed by atoms with van der Waals surface area (Å²) < 4.78 is 8.29. The summed E-state index contributed by atoms with van der Waals surface area (Å²) in [6, 6.07) is 24.4. The molecule has 1 aromatic heterocycles. The second-order valence-electron chi connectivity index (χ2n) is 9.09. The lowest BCUT2D eigenvalue weighted by Crippen LogP contribution is -2.26. The maximum atomic E-state index is 12.2. The number of nitrogens with zero attached hydrogens (tertiary/aromatic N) is 2. The summed E-state index contributed by atoms with van der Waals surface area (Å²) in [5.74, 6) is 2.09. The van der Waals surface area contributed by atoms with Gasteiger partial charge < -0.3 is 14.6 Å². The van der Waals surface area contributed by atoms with E-state index in [0.717, 1.165) is 54.9 Å². The maximum Gasteiger partial charge on any atom is 0.224 e. The van der Waals surface area contributed by atoms with Gasteiger partial charge in [-0.25, -0.2) is 4.98 Å². The van der Waals surface area contributed by atoms with Gasteiger partial charge in [-0.05, 0) is 74.1 Å². The van der Waals surface area contributed by atoms with Crippen LogP contribution in [0.1, 0.15) is 41.8 Å². The van der Waals surface area contributed by atoms with Gasteiger partial charge >= 0.3 is 0 Å². The van der Waals surface area contributed by atoms with E-state index in [9.17, 15) is 4.79 Å². The zero-order valence-electron chi connectivity index (χ0n) is 20.8. The van der Waals surface area contributed by atoms with E-state index in [-0.39, 0.29) is 5.91 Å². The van der Waals surface area contributed by atoms with Gasteiger partial charge in [-0.1, -0.05) is 48.5 Å². The fraction of sp³-hybridized carbons (Fsp3) is 0.333. The fourth-order valence-corrected chi connectivity index (χ4v) is 4.25. The summed E-state index contributed by atoms with van der Waals surface area (Å²) in [6.07, 6.45) is 4.11. The number of hydrogen-bond acceptors (Lipinski definition) is 3. The highest BCUT2D eigenvalue weighted by Crippen LogP contribution is 2.19. The van der Waals surface area contributed by atoms with Crippen molar-refractivity contribution in [1.29, 1.82) is 0 Å². The van der Waals surface area contributed by atoms with Gasteiger partial charge in [0.15, 0.2) is 0 Å². The van der Waals surface area contributed by atoms with Gasteiger partial charge in [0.05, 0.1) is 24.1 Å². The quantitative estimate of drug-likeness (QED) is 0.267. The molecule has 0 bridgehead atoms. The number of carbonyl (C=O) groups excluding carboxylic acids is 1. The van der Waals surface area contributed by atoms with Gasteiger partial charge in [-0.2, -0.15) is 0 Å². The average Bonchev–Trinajstić information content (AvgIpc) is 3.22. The predicted octanol–water partition coefficient (Wildman–Crippen LogP) is 5.80. The molecule has 4 aromatic rings. The van der Waals surface area contributed by atoms with Crippen LogP contribution in [0.5, 0.6) is 5.75 Å². The van der Waals surface area contributed by atoms with Gasteiger partial charge in [-0.3, -0.25) is 4.79 Å². The van der Waals surface area contributed by atoms with Crippen molar-refractivity contribution in [2.75, 3.05) is 13.2 Å². The Morgan fingerprint density at radius 1 is 0.914 bits per heavy atom. The molecule has 1 N–H and O–H groups in total. The van der Waals surface area contributed by atoms with Crippen LogP contribution in [0.15, 0.2) is 72.8 Å². The summed E-state index contributed by atoms with van der Waals surface area (Å²) in [5, 5.41) is 3.04. The Morgan fingerprint density at radius 3 is 2.54 bits per heavy atom. The van der Waals surface area contributed by atoms with E-state index in [1.54, 1.807) is 0 Å². The third-order valence-corrected chi connectivity index (χ3v) is 6.36. The highest BCUT2D eigenvalue weighted by atomic mass is 16.5. The van der Waals surface area contributed by atoms with E-state index in [0.29, 0.717) is 19.6 Å². The predicted molar refractivity (Wildman–Crippen MR) is 142 cm³/mol. The van der Waals surface area contributed by atoms with Crippen molar-refractivity contribution in [3.05, 3.63) is 95.3 Å². The maximum absolute atomic E-state index is 12.2. The first-order valence-corrected chi connectivity index (χ1v) is 12.5. The van der Waals surface area contributed by atoms with E-state index in [2.05, 4.69) is 54.1 Å². The molecule has 5 heteroatoms. The summed E-state index contributed by atoms with van der Waals surface area (Å²) in [7, 11) is 0. The third-order valence-electron chi connectivity index (χ3n) is 6.36. The highest BCUT2D eigenvalue weighted by Gasteiger charge is 2.11.